The number of hydrogen-bond acceptors (Lipinski definition) is 5. The summed E-state index contributed by atoms with van der Waals surface area (Å²) in [5, 5.41) is 9.28. The number of nitrogens with zero attached hydrogens (tertiary/aromatic N) is 2. The Hall–Kier alpha value is -2.34. The zero-order valence-electron chi connectivity index (χ0n) is 9.09. The van der Waals surface area contributed by atoms with Crippen LogP contribution in [0.25, 0.3) is 11.3 Å². The van der Waals surface area contributed by atoms with Gasteiger partial charge in [-0.1, -0.05) is 11.6 Å². The van der Waals surface area contributed by atoms with Crippen molar-refractivity contribution in [3.63, 3.8) is 0 Å². The van der Waals surface area contributed by atoms with E-state index in [1.807, 2.05) is 0 Å². The van der Waals surface area contributed by atoms with Crippen LogP contribution in [0.1, 0.15) is 10.5 Å². The quantitative estimate of drug-likeness (QED) is 0.760. The largest absolute Gasteiger partial charge is 0.476 e. The van der Waals surface area contributed by atoms with Gasteiger partial charge in [-0.2, -0.15) is 0 Å². The van der Waals surface area contributed by atoms with E-state index >= 15 is 0 Å². The number of nitrogen functional groups attached to an aromatic ring is 2. The minimum atomic E-state index is -1.20. The second-order valence-corrected chi connectivity index (χ2v) is 3.94. The summed E-state index contributed by atoms with van der Waals surface area (Å²) in [7, 11) is 0. The van der Waals surface area contributed by atoms with E-state index in [0.717, 1.165) is 0 Å². The maximum absolute atomic E-state index is 10.9. The number of carboxylic acid groups (broad SMARTS) is 1. The monoisotopic (exact) mass is 264 g/mol. The van der Waals surface area contributed by atoms with Gasteiger partial charge in [-0.15, -0.1) is 0 Å². The number of pyridine rings is 2. The van der Waals surface area contributed by atoms with Crippen molar-refractivity contribution >= 4 is 29.1 Å². The van der Waals surface area contributed by atoms with Crippen LogP contribution in [0.2, 0.25) is 5.02 Å². The lowest BCUT2D eigenvalue weighted by atomic mass is 10.1. The molecule has 0 fully saturated rings. The number of carboxylic acids is 1. The second kappa shape index (κ2) is 4.50. The number of halogens is 1. The van der Waals surface area contributed by atoms with Crippen LogP contribution in [0.5, 0.6) is 0 Å². The van der Waals surface area contributed by atoms with Crippen LogP contribution in [0, 0.1) is 0 Å². The first-order valence-electron chi connectivity index (χ1n) is 4.90. The number of hydrogen-bond donors (Lipinski definition) is 3. The van der Waals surface area contributed by atoms with Gasteiger partial charge in [0.15, 0.2) is 5.69 Å². The van der Waals surface area contributed by atoms with Crippen LogP contribution < -0.4 is 11.5 Å². The Labute approximate surface area is 107 Å². The third-order valence-electron chi connectivity index (χ3n) is 2.28. The number of nitrogens with two attached hydrogens (primary N) is 2. The van der Waals surface area contributed by atoms with E-state index in [4.69, 9.17) is 28.2 Å². The Kier molecular flexibility index (Phi) is 3.03. The minimum Gasteiger partial charge on any atom is -0.476 e. The summed E-state index contributed by atoms with van der Waals surface area (Å²) in [6, 6.07) is 4.49. The van der Waals surface area contributed by atoms with Crippen molar-refractivity contribution < 1.29 is 9.90 Å². The highest BCUT2D eigenvalue weighted by Gasteiger charge is 2.13. The highest BCUT2D eigenvalue weighted by molar-refractivity contribution is 6.33. The van der Waals surface area contributed by atoms with Gasteiger partial charge < -0.3 is 16.6 Å². The van der Waals surface area contributed by atoms with E-state index in [2.05, 4.69) is 9.97 Å². The van der Waals surface area contributed by atoms with E-state index in [1.165, 1.54) is 18.3 Å². The van der Waals surface area contributed by atoms with E-state index in [-0.39, 0.29) is 17.2 Å². The highest BCUT2D eigenvalue weighted by atomic mass is 35.5. The molecular formula is C11H9ClN4O2. The third-order valence-corrected chi connectivity index (χ3v) is 2.59. The Balaban J connectivity index is 2.58. The lowest BCUT2D eigenvalue weighted by Crippen LogP contribution is -2.06. The average Bonchev–Trinajstić information content (AvgIpc) is 2.30. The van der Waals surface area contributed by atoms with E-state index in [9.17, 15) is 4.79 Å². The third kappa shape index (κ3) is 2.18. The van der Waals surface area contributed by atoms with Crippen molar-refractivity contribution in [2.75, 3.05) is 11.5 Å². The number of carbonyl (C=O) groups is 1. The summed E-state index contributed by atoms with van der Waals surface area (Å²) in [5.74, 6) is -0.925. The molecule has 0 saturated heterocycles. The van der Waals surface area contributed by atoms with Crippen molar-refractivity contribution in [3.05, 3.63) is 35.1 Å². The summed E-state index contributed by atoms with van der Waals surface area (Å²) in [4.78, 5) is 18.8. The molecule has 7 heteroatoms. The molecule has 18 heavy (non-hydrogen) atoms. The molecule has 0 aliphatic carbocycles. The number of aromatic carboxylic acids is 1. The molecule has 6 nitrogen and oxygen atoms in total. The number of aromatic nitrogens is 2. The normalized spacial score (nSPS) is 10.3. The summed E-state index contributed by atoms with van der Waals surface area (Å²) in [5.41, 5.74) is 11.7. The van der Waals surface area contributed by atoms with Crippen molar-refractivity contribution in [1.29, 1.82) is 0 Å². The molecule has 2 rings (SSSR count). The van der Waals surface area contributed by atoms with Gasteiger partial charge in [0, 0.05) is 11.8 Å². The van der Waals surface area contributed by atoms with Crippen LogP contribution in [0.3, 0.4) is 0 Å². The lowest BCUT2D eigenvalue weighted by Gasteiger charge is -2.06. The van der Waals surface area contributed by atoms with Gasteiger partial charge in [-0.05, 0) is 18.2 Å². The summed E-state index contributed by atoms with van der Waals surface area (Å²) in [6.45, 7) is 0. The molecular weight excluding hydrogens is 256 g/mol. The predicted octanol–water partition coefficient (Wildman–Crippen LogP) is 1.66. The molecule has 0 aliphatic heterocycles. The van der Waals surface area contributed by atoms with Crippen LogP contribution >= 0.6 is 11.6 Å². The molecule has 0 atom stereocenters. The molecule has 0 spiro atoms. The van der Waals surface area contributed by atoms with Crippen molar-refractivity contribution in [1.82, 2.24) is 9.97 Å². The average molecular weight is 265 g/mol. The van der Waals surface area contributed by atoms with Gasteiger partial charge in [0.2, 0.25) is 0 Å². The van der Waals surface area contributed by atoms with Crippen LogP contribution in [-0.2, 0) is 0 Å². The number of anilines is 2. The van der Waals surface area contributed by atoms with Crippen LogP contribution in [0.4, 0.5) is 11.5 Å². The minimum absolute atomic E-state index is 0.0887. The van der Waals surface area contributed by atoms with Gasteiger partial charge in [-0.25, -0.2) is 14.8 Å². The highest BCUT2D eigenvalue weighted by Crippen LogP contribution is 2.28. The maximum atomic E-state index is 10.9. The molecule has 0 saturated carbocycles. The van der Waals surface area contributed by atoms with E-state index in [0.29, 0.717) is 16.3 Å². The van der Waals surface area contributed by atoms with Crippen molar-refractivity contribution in [2.45, 2.75) is 0 Å². The van der Waals surface area contributed by atoms with Gasteiger partial charge in [0.1, 0.15) is 5.82 Å². The molecule has 0 aromatic carbocycles. The number of rotatable bonds is 2. The molecule has 0 unspecified atom stereocenters. The molecule has 0 amide bonds. The van der Waals surface area contributed by atoms with Gasteiger partial charge >= 0.3 is 5.97 Å². The lowest BCUT2D eigenvalue weighted by molar-refractivity contribution is 0.0692. The zero-order valence-corrected chi connectivity index (χ0v) is 9.85. The fourth-order valence-electron chi connectivity index (χ4n) is 1.43. The SMILES string of the molecule is Nc1cc(Cl)c(-c2ccc(N)c(C(=O)O)n2)cn1. The van der Waals surface area contributed by atoms with Crippen molar-refractivity contribution in [3.8, 4) is 11.3 Å². The maximum Gasteiger partial charge on any atom is 0.356 e. The topological polar surface area (TPSA) is 115 Å². The van der Waals surface area contributed by atoms with E-state index in [1.54, 1.807) is 6.07 Å². The summed E-state index contributed by atoms with van der Waals surface area (Å²) in [6.07, 6.45) is 1.43. The molecule has 0 bridgehead atoms. The van der Waals surface area contributed by atoms with Gasteiger partial charge in [0.25, 0.3) is 0 Å². The Bertz CT molecular complexity index is 630. The molecule has 5 N–H and O–H groups in total. The smallest absolute Gasteiger partial charge is 0.356 e. The molecule has 2 aromatic heterocycles. The van der Waals surface area contributed by atoms with E-state index < -0.39 is 5.97 Å². The van der Waals surface area contributed by atoms with Crippen LogP contribution in [0.15, 0.2) is 24.4 Å². The molecule has 2 aromatic rings. The van der Waals surface area contributed by atoms with Crippen LogP contribution in [-0.4, -0.2) is 21.0 Å². The summed E-state index contributed by atoms with van der Waals surface area (Å²) >= 11 is 6.00. The van der Waals surface area contributed by atoms with Crippen molar-refractivity contribution in [2.24, 2.45) is 0 Å². The molecule has 0 aliphatic rings. The fraction of sp³-hybridized carbons (Fsp3) is 0. The Morgan fingerprint density at radius 3 is 2.67 bits per heavy atom. The second-order valence-electron chi connectivity index (χ2n) is 3.53. The van der Waals surface area contributed by atoms with Gasteiger partial charge in [-0.3, -0.25) is 0 Å². The zero-order chi connectivity index (χ0) is 13.3. The molecule has 2 heterocycles. The standard InChI is InChI=1S/C11H9ClN4O2/c12-6-3-9(14)15-4-5(6)8-2-1-7(13)10(16-8)11(17)18/h1-4H,13H2,(H2,14,15)(H,17,18). The fourth-order valence-corrected chi connectivity index (χ4v) is 1.68. The molecule has 92 valence electrons. The predicted molar refractivity (Wildman–Crippen MR) is 68.3 cm³/mol. The van der Waals surface area contributed by atoms with Gasteiger partial charge in [0.05, 0.1) is 16.4 Å². The molecule has 0 radical (unpaired) electrons. The first kappa shape index (κ1) is 12.1. The Morgan fingerprint density at radius 1 is 1.33 bits per heavy atom. The Morgan fingerprint density at radius 2 is 2.06 bits per heavy atom. The summed E-state index contributed by atoms with van der Waals surface area (Å²) < 4.78 is 0. The first-order chi connectivity index (χ1) is 8.49. The first-order valence-corrected chi connectivity index (χ1v) is 5.28.